The molecule has 0 aliphatic rings. The van der Waals surface area contributed by atoms with Crippen molar-refractivity contribution in [2.45, 2.75) is 11.8 Å². The van der Waals surface area contributed by atoms with Gasteiger partial charge in [0.15, 0.2) is 0 Å². The van der Waals surface area contributed by atoms with Crippen LogP contribution in [0.4, 0.5) is 0 Å². The zero-order valence-electron chi connectivity index (χ0n) is 9.19. The van der Waals surface area contributed by atoms with Crippen molar-refractivity contribution in [3.63, 3.8) is 0 Å². The van der Waals surface area contributed by atoms with Crippen LogP contribution in [0.2, 0.25) is 5.02 Å². The summed E-state index contributed by atoms with van der Waals surface area (Å²) in [7, 11) is -3.98. The van der Waals surface area contributed by atoms with E-state index in [-0.39, 0.29) is 58.3 Å². The Kier molecular flexibility index (Phi) is 9.18. The molecule has 8 heteroatoms. The summed E-state index contributed by atoms with van der Waals surface area (Å²) in [6.45, 7) is 1.05. The summed E-state index contributed by atoms with van der Waals surface area (Å²) in [4.78, 5) is -0.211. The summed E-state index contributed by atoms with van der Waals surface area (Å²) in [6, 6.07) is 6.55. The van der Waals surface area contributed by atoms with Gasteiger partial charge in [0.05, 0.1) is 0 Å². The summed E-state index contributed by atoms with van der Waals surface area (Å²) in [6.07, 6.45) is 0. The quantitative estimate of drug-likeness (QED) is 0.231. The number of nitrogens with zero attached hydrogens (tertiary/aromatic N) is 1. The first-order valence-electron chi connectivity index (χ1n) is 3.57. The number of benzene rings is 1. The second-order valence-electron chi connectivity index (χ2n) is 2.44. The molecular formula is C8H6ClLiNNaO3S. The maximum atomic E-state index is 11.4. The first-order chi connectivity index (χ1) is 6.43. The molecule has 4 nitrogen and oxygen atoms in total. The number of hydrogen-bond donors (Lipinski definition) is 0. The van der Waals surface area contributed by atoms with Crippen LogP contribution in [-0.2, 0) is 10.0 Å². The molecule has 1 aromatic rings. The Hall–Kier alpha value is 0.527. The minimum Gasteiger partial charge on any atom is -0.861 e. The van der Waals surface area contributed by atoms with Crippen LogP contribution in [0.1, 0.15) is 6.92 Å². The Balaban J connectivity index is 0. The zero-order valence-corrected chi connectivity index (χ0v) is 12.8. The second-order valence-corrected chi connectivity index (χ2v) is 4.42. The first kappa shape index (κ1) is 18.9. The van der Waals surface area contributed by atoms with E-state index in [0.717, 1.165) is 6.92 Å². The van der Waals surface area contributed by atoms with Gasteiger partial charge in [-0.15, -0.1) is 11.6 Å². The fraction of sp³-hybridized carbons (Fsp3) is 0.125. The Morgan fingerprint density at radius 1 is 1.56 bits per heavy atom. The van der Waals surface area contributed by atoms with Gasteiger partial charge in [-0.1, -0.05) is 0 Å². The van der Waals surface area contributed by atoms with Gasteiger partial charge in [-0.2, -0.15) is 28.7 Å². The predicted octanol–water partition coefficient (Wildman–Crippen LogP) is -5.38. The molecule has 16 heavy (non-hydrogen) atoms. The monoisotopic (exact) mass is 261 g/mol. The van der Waals surface area contributed by atoms with E-state index in [1.807, 2.05) is 0 Å². The van der Waals surface area contributed by atoms with E-state index in [4.69, 9.17) is 11.6 Å². The molecular weight excluding hydrogens is 256 g/mol. The fourth-order valence-corrected chi connectivity index (χ4v) is 2.19. The van der Waals surface area contributed by atoms with Gasteiger partial charge in [-0.05, 0) is 22.7 Å². The minimum absolute atomic E-state index is 0. The molecule has 0 saturated heterocycles. The van der Waals surface area contributed by atoms with Crippen LogP contribution in [0.5, 0.6) is 0 Å². The summed E-state index contributed by atoms with van der Waals surface area (Å²) >= 11 is 5.62. The Labute approximate surface area is 134 Å². The average molecular weight is 262 g/mol. The molecule has 0 unspecified atom stereocenters. The largest absolute Gasteiger partial charge is 1.00 e. The van der Waals surface area contributed by atoms with Crippen LogP contribution >= 0.6 is 11.6 Å². The number of rotatable bonds is 2. The van der Waals surface area contributed by atoms with E-state index in [1.165, 1.54) is 18.2 Å². The van der Waals surface area contributed by atoms with E-state index >= 15 is 0 Å². The van der Waals surface area contributed by atoms with Crippen LogP contribution in [0.3, 0.4) is 0 Å². The van der Waals surface area contributed by atoms with Crippen LogP contribution in [-0.4, -0.2) is 14.3 Å². The van der Waals surface area contributed by atoms with Gasteiger partial charge in [-0.3, -0.25) is 0 Å². The Morgan fingerprint density at radius 2 is 2.12 bits per heavy atom. The molecule has 0 heterocycles. The molecule has 0 atom stereocenters. The van der Waals surface area contributed by atoms with E-state index in [1.54, 1.807) is 0 Å². The van der Waals surface area contributed by atoms with E-state index in [9.17, 15) is 13.5 Å². The van der Waals surface area contributed by atoms with Crippen molar-refractivity contribution in [3.8, 4) is 0 Å². The third-order valence-electron chi connectivity index (χ3n) is 1.30. The van der Waals surface area contributed by atoms with Crippen molar-refractivity contribution in [3.05, 3.63) is 29.3 Å². The SMILES string of the molecule is C/C([O-])=N\S(=O)(=O)c1c[c-]ccc1Cl.[Li+].[Na+]. The third kappa shape index (κ3) is 5.24. The van der Waals surface area contributed by atoms with Gasteiger partial charge < -0.3 is 5.11 Å². The van der Waals surface area contributed by atoms with Crippen LogP contribution < -0.4 is 53.5 Å². The Morgan fingerprint density at radius 3 is 2.56 bits per heavy atom. The van der Waals surface area contributed by atoms with Crippen LogP contribution in [0.25, 0.3) is 0 Å². The van der Waals surface area contributed by atoms with Gasteiger partial charge in [0, 0.05) is 0 Å². The van der Waals surface area contributed by atoms with Crippen molar-refractivity contribution in [1.82, 2.24) is 0 Å². The summed E-state index contributed by atoms with van der Waals surface area (Å²) < 4.78 is 25.7. The molecule has 0 aliphatic carbocycles. The predicted molar refractivity (Wildman–Crippen MR) is 50.6 cm³/mol. The van der Waals surface area contributed by atoms with Crippen LogP contribution in [0, 0.1) is 6.07 Å². The summed E-state index contributed by atoms with van der Waals surface area (Å²) in [5, 5.41) is 10.6. The molecule has 0 aromatic heterocycles. The average Bonchev–Trinajstić information content (AvgIpc) is 2.02. The molecule has 0 fully saturated rings. The number of sulfonamides is 1. The number of halogens is 1. The maximum absolute atomic E-state index is 11.4. The maximum Gasteiger partial charge on any atom is 1.00 e. The molecule has 0 spiro atoms. The van der Waals surface area contributed by atoms with Gasteiger partial charge >= 0.3 is 48.4 Å². The van der Waals surface area contributed by atoms with Gasteiger partial charge in [0.25, 0.3) is 0 Å². The fourth-order valence-electron chi connectivity index (χ4n) is 0.812. The van der Waals surface area contributed by atoms with Gasteiger partial charge in [0.2, 0.25) is 10.0 Å². The molecule has 1 aromatic carbocycles. The molecule has 0 aliphatic heterocycles. The number of hydrogen-bond acceptors (Lipinski definition) is 3. The second kappa shape index (κ2) is 7.78. The topological polar surface area (TPSA) is 69.6 Å². The molecule has 76 valence electrons. The van der Waals surface area contributed by atoms with E-state index in [0.29, 0.717) is 0 Å². The first-order valence-corrected chi connectivity index (χ1v) is 5.39. The molecule has 1 rings (SSSR count). The van der Waals surface area contributed by atoms with E-state index in [2.05, 4.69) is 10.5 Å². The van der Waals surface area contributed by atoms with Crippen molar-refractivity contribution < 1.29 is 61.9 Å². The normalized spacial score (nSPS) is 11.2. The summed E-state index contributed by atoms with van der Waals surface area (Å²) in [5.41, 5.74) is 0. The zero-order chi connectivity index (χ0) is 10.8. The molecule has 0 amide bonds. The molecule has 0 radical (unpaired) electrons. The van der Waals surface area contributed by atoms with Crippen molar-refractivity contribution in [1.29, 1.82) is 0 Å². The minimum atomic E-state index is -3.98. The Bertz CT molecular complexity index is 474. The molecule has 0 saturated carbocycles. The molecule has 0 N–H and O–H groups in total. The van der Waals surface area contributed by atoms with Crippen LogP contribution in [0.15, 0.2) is 27.5 Å². The van der Waals surface area contributed by atoms with Crippen molar-refractivity contribution in [2.24, 2.45) is 4.40 Å². The standard InChI is InChI=1S/C8H7ClNO3S.Li.Na/c1-6(11)10-14(12,13)8-5-3-2-4-7(8)9;;/h2,4-5H,1H3,(H,10,11);;/q-1;2*+1/p-1. The van der Waals surface area contributed by atoms with E-state index < -0.39 is 15.9 Å². The van der Waals surface area contributed by atoms with Gasteiger partial charge in [0.1, 0.15) is 0 Å². The van der Waals surface area contributed by atoms with Gasteiger partial charge in [-0.25, -0.2) is 8.42 Å². The van der Waals surface area contributed by atoms with Crippen molar-refractivity contribution >= 4 is 27.5 Å². The molecule has 0 bridgehead atoms. The third-order valence-corrected chi connectivity index (χ3v) is 3.14. The van der Waals surface area contributed by atoms with Crippen molar-refractivity contribution in [2.75, 3.05) is 0 Å². The summed E-state index contributed by atoms with van der Waals surface area (Å²) in [5.74, 6) is -0.787. The smallest absolute Gasteiger partial charge is 0.861 e.